The van der Waals surface area contributed by atoms with Crippen molar-refractivity contribution in [2.45, 2.75) is 32.4 Å². The number of aromatic nitrogens is 2. The molecule has 1 aliphatic heterocycles. The molecule has 16 heavy (non-hydrogen) atoms. The Bertz CT molecular complexity index is 321. The summed E-state index contributed by atoms with van der Waals surface area (Å²) in [7, 11) is 1.97. The molecule has 0 aromatic carbocycles. The second-order valence-corrected chi connectivity index (χ2v) is 4.14. The highest BCUT2D eigenvalue weighted by Gasteiger charge is 2.14. The van der Waals surface area contributed by atoms with Gasteiger partial charge in [0.1, 0.15) is 0 Å². The minimum Gasteiger partial charge on any atom is -0.377 e. The first kappa shape index (κ1) is 13.5. The smallest absolute Gasteiger partial charge is 0.0700 e. The molecule has 1 atom stereocenters. The molecule has 1 aromatic heterocycles. The van der Waals surface area contributed by atoms with Crippen molar-refractivity contribution in [2.75, 3.05) is 13.2 Å². The van der Waals surface area contributed by atoms with Crippen LogP contribution in [0.3, 0.4) is 0 Å². The Kier molecular flexibility index (Phi) is 5.25. The number of rotatable bonds is 4. The molecule has 0 amide bonds. The summed E-state index contributed by atoms with van der Waals surface area (Å²) >= 11 is 0. The average molecular weight is 246 g/mol. The Balaban J connectivity index is 0.00000128. The first-order valence-corrected chi connectivity index (χ1v) is 5.57. The minimum absolute atomic E-state index is 0. The summed E-state index contributed by atoms with van der Waals surface area (Å²) in [5, 5.41) is 7.63. The molecule has 1 saturated heterocycles. The van der Waals surface area contributed by atoms with E-state index in [0.29, 0.717) is 6.10 Å². The predicted octanol–water partition coefficient (Wildman–Crippen LogP) is 1.42. The Morgan fingerprint density at radius 2 is 2.44 bits per heavy atom. The fraction of sp³-hybridized carbons (Fsp3) is 0.727. The zero-order valence-corrected chi connectivity index (χ0v) is 10.7. The van der Waals surface area contributed by atoms with E-state index < -0.39 is 0 Å². The Morgan fingerprint density at radius 1 is 1.62 bits per heavy atom. The van der Waals surface area contributed by atoms with E-state index in [1.54, 1.807) is 0 Å². The summed E-state index contributed by atoms with van der Waals surface area (Å²) in [5.74, 6) is 0. The predicted molar refractivity (Wildman–Crippen MR) is 65.9 cm³/mol. The normalized spacial score (nSPS) is 19.8. The second-order valence-electron chi connectivity index (χ2n) is 4.14. The van der Waals surface area contributed by atoms with Crippen molar-refractivity contribution >= 4 is 12.4 Å². The summed E-state index contributed by atoms with van der Waals surface area (Å²) in [5.41, 5.74) is 2.50. The fourth-order valence-electron chi connectivity index (χ4n) is 1.89. The molecule has 2 heterocycles. The van der Waals surface area contributed by atoms with Gasteiger partial charge in [-0.2, -0.15) is 5.10 Å². The van der Waals surface area contributed by atoms with Gasteiger partial charge < -0.3 is 10.1 Å². The monoisotopic (exact) mass is 245 g/mol. The molecule has 0 aliphatic carbocycles. The first-order valence-electron chi connectivity index (χ1n) is 5.57. The summed E-state index contributed by atoms with van der Waals surface area (Å²) in [4.78, 5) is 0. The molecule has 0 spiro atoms. The van der Waals surface area contributed by atoms with Crippen LogP contribution in [0.25, 0.3) is 0 Å². The van der Waals surface area contributed by atoms with Gasteiger partial charge in [-0.25, -0.2) is 0 Å². The van der Waals surface area contributed by atoms with Gasteiger partial charge in [0.15, 0.2) is 0 Å². The van der Waals surface area contributed by atoms with Crippen LogP contribution in [-0.4, -0.2) is 29.0 Å². The molecule has 1 aromatic rings. The molecule has 5 heteroatoms. The van der Waals surface area contributed by atoms with Crippen molar-refractivity contribution in [1.29, 1.82) is 0 Å². The topological polar surface area (TPSA) is 39.1 Å². The Morgan fingerprint density at radius 3 is 3.00 bits per heavy atom. The molecule has 92 valence electrons. The number of halogens is 1. The van der Waals surface area contributed by atoms with E-state index >= 15 is 0 Å². The van der Waals surface area contributed by atoms with Crippen molar-refractivity contribution in [3.8, 4) is 0 Å². The van der Waals surface area contributed by atoms with Crippen molar-refractivity contribution in [1.82, 2.24) is 15.1 Å². The lowest BCUT2D eigenvalue weighted by Crippen LogP contribution is -2.25. The molecule has 4 nitrogen and oxygen atoms in total. The van der Waals surface area contributed by atoms with Crippen LogP contribution >= 0.6 is 12.4 Å². The quantitative estimate of drug-likeness (QED) is 0.872. The van der Waals surface area contributed by atoms with Crippen molar-refractivity contribution in [2.24, 2.45) is 7.05 Å². The highest BCUT2D eigenvalue weighted by Crippen LogP contribution is 2.11. The number of hydrogen-bond acceptors (Lipinski definition) is 3. The number of ether oxygens (including phenoxy) is 1. The molecular weight excluding hydrogens is 226 g/mol. The van der Waals surface area contributed by atoms with E-state index in [4.69, 9.17) is 4.74 Å². The average Bonchev–Trinajstić information content (AvgIpc) is 2.83. The van der Waals surface area contributed by atoms with E-state index in [-0.39, 0.29) is 12.4 Å². The van der Waals surface area contributed by atoms with E-state index in [0.717, 1.165) is 19.7 Å². The third kappa shape index (κ3) is 3.20. The number of nitrogens with one attached hydrogen (secondary N) is 1. The standard InChI is InChI=1S/C11H19N3O.ClH/c1-9-10(7-13-14(9)2)6-12-8-11-4-3-5-15-11;/h7,11-12H,3-6,8H2,1-2H3;1H. The van der Waals surface area contributed by atoms with Gasteiger partial charge in [-0.1, -0.05) is 0 Å². The van der Waals surface area contributed by atoms with Crippen LogP contribution in [0.5, 0.6) is 0 Å². The lowest BCUT2D eigenvalue weighted by atomic mass is 10.2. The molecule has 1 aliphatic rings. The summed E-state index contributed by atoms with van der Waals surface area (Å²) in [6.45, 7) is 4.86. The van der Waals surface area contributed by atoms with Gasteiger partial charge in [0.2, 0.25) is 0 Å². The van der Waals surface area contributed by atoms with Crippen molar-refractivity contribution < 1.29 is 4.74 Å². The molecule has 0 saturated carbocycles. The van der Waals surface area contributed by atoms with Gasteiger partial charge in [0, 0.05) is 38.0 Å². The van der Waals surface area contributed by atoms with E-state index in [9.17, 15) is 0 Å². The third-order valence-corrected chi connectivity index (χ3v) is 3.05. The third-order valence-electron chi connectivity index (χ3n) is 3.05. The van der Waals surface area contributed by atoms with Crippen LogP contribution in [0.4, 0.5) is 0 Å². The first-order chi connectivity index (χ1) is 7.27. The maximum atomic E-state index is 5.54. The Labute approximate surface area is 103 Å². The number of aryl methyl sites for hydroxylation is 1. The minimum atomic E-state index is 0. The maximum absolute atomic E-state index is 5.54. The molecule has 0 bridgehead atoms. The van der Waals surface area contributed by atoms with E-state index in [2.05, 4.69) is 17.3 Å². The summed E-state index contributed by atoms with van der Waals surface area (Å²) in [6, 6.07) is 0. The van der Waals surface area contributed by atoms with Crippen LogP contribution in [0, 0.1) is 6.92 Å². The van der Waals surface area contributed by atoms with E-state index in [1.165, 1.54) is 24.1 Å². The summed E-state index contributed by atoms with van der Waals surface area (Å²) in [6.07, 6.45) is 4.75. The van der Waals surface area contributed by atoms with Crippen LogP contribution in [0.15, 0.2) is 6.20 Å². The zero-order chi connectivity index (χ0) is 10.7. The van der Waals surface area contributed by atoms with Gasteiger partial charge in [0.05, 0.1) is 12.3 Å². The molecule has 2 rings (SSSR count). The summed E-state index contributed by atoms with van der Waals surface area (Å²) < 4.78 is 7.45. The van der Waals surface area contributed by atoms with Crippen LogP contribution in [0.1, 0.15) is 24.1 Å². The van der Waals surface area contributed by atoms with Gasteiger partial charge in [-0.05, 0) is 19.8 Å². The van der Waals surface area contributed by atoms with E-state index in [1.807, 2.05) is 17.9 Å². The molecule has 1 unspecified atom stereocenters. The largest absolute Gasteiger partial charge is 0.377 e. The molecular formula is C11H20ClN3O. The van der Waals surface area contributed by atoms with Gasteiger partial charge in [0.25, 0.3) is 0 Å². The van der Waals surface area contributed by atoms with Gasteiger partial charge in [-0.3, -0.25) is 4.68 Å². The molecule has 1 fully saturated rings. The fourth-order valence-corrected chi connectivity index (χ4v) is 1.89. The van der Waals surface area contributed by atoms with Crippen LogP contribution in [0.2, 0.25) is 0 Å². The number of hydrogen-bond donors (Lipinski definition) is 1. The SMILES string of the molecule is Cc1c(CNCC2CCCO2)cnn1C.Cl. The lowest BCUT2D eigenvalue weighted by Gasteiger charge is -2.10. The van der Waals surface area contributed by atoms with Crippen molar-refractivity contribution in [3.05, 3.63) is 17.5 Å². The maximum Gasteiger partial charge on any atom is 0.0700 e. The van der Waals surface area contributed by atoms with Gasteiger partial charge in [-0.15, -0.1) is 12.4 Å². The highest BCUT2D eigenvalue weighted by atomic mass is 35.5. The number of nitrogens with zero attached hydrogens (tertiary/aromatic N) is 2. The van der Waals surface area contributed by atoms with Crippen molar-refractivity contribution in [3.63, 3.8) is 0 Å². The van der Waals surface area contributed by atoms with Crippen LogP contribution < -0.4 is 5.32 Å². The molecule has 0 radical (unpaired) electrons. The van der Waals surface area contributed by atoms with Gasteiger partial charge >= 0.3 is 0 Å². The van der Waals surface area contributed by atoms with Crippen LogP contribution in [-0.2, 0) is 18.3 Å². The lowest BCUT2D eigenvalue weighted by molar-refractivity contribution is 0.110. The Hall–Kier alpha value is -0.580. The molecule has 1 N–H and O–H groups in total. The second kappa shape index (κ2) is 6.23. The zero-order valence-electron chi connectivity index (χ0n) is 9.90. The highest BCUT2D eigenvalue weighted by molar-refractivity contribution is 5.85.